The zero-order chi connectivity index (χ0) is 14.0. The molecule has 0 radical (unpaired) electrons. The summed E-state index contributed by atoms with van der Waals surface area (Å²) in [5.74, 6) is -0.233. The van der Waals surface area contributed by atoms with E-state index in [0.717, 1.165) is 17.0 Å². The summed E-state index contributed by atoms with van der Waals surface area (Å²) in [6, 6.07) is 6.17. The summed E-state index contributed by atoms with van der Waals surface area (Å²) in [7, 11) is 1.86. The first-order chi connectivity index (χ1) is 8.97. The Bertz CT molecular complexity index is 617. The van der Waals surface area contributed by atoms with Gasteiger partial charge in [-0.3, -0.25) is 9.48 Å². The van der Waals surface area contributed by atoms with Gasteiger partial charge in [0.15, 0.2) is 0 Å². The molecule has 0 atom stereocenters. The molecular weight excluding hydrogens is 243 g/mol. The topological polar surface area (TPSA) is 34.9 Å². The highest BCUT2D eigenvalue weighted by Gasteiger charge is 2.13. The number of hydrogen-bond acceptors (Lipinski definition) is 2. The molecule has 2 rings (SSSR count). The van der Waals surface area contributed by atoms with Gasteiger partial charge in [-0.05, 0) is 31.5 Å². The molecule has 1 aromatic heterocycles. The summed E-state index contributed by atoms with van der Waals surface area (Å²) in [6.07, 6.45) is 0.605. The molecule has 0 fully saturated rings. The largest absolute Gasteiger partial charge is 0.299 e. The van der Waals surface area contributed by atoms with Gasteiger partial charge >= 0.3 is 0 Å². The first-order valence-corrected chi connectivity index (χ1v) is 6.22. The second-order valence-corrected chi connectivity index (χ2v) is 4.80. The van der Waals surface area contributed by atoms with Gasteiger partial charge in [-0.1, -0.05) is 12.1 Å². The zero-order valence-electron chi connectivity index (χ0n) is 11.4. The third kappa shape index (κ3) is 3.08. The molecule has 0 unspecified atom stereocenters. The summed E-state index contributed by atoms with van der Waals surface area (Å²) in [6.45, 7) is 3.85. The highest BCUT2D eigenvalue weighted by molar-refractivity contribution is 5.83. The molecule has 3 nitrogen and oxygen atoms in total. The Labute approximate surface area is 112 Å². The van der Waals surface area contributed by atoms with E-state index in [1.165, 1.54) is 12.1 Å². The lowest BCUT2D eigenvalue weighted by Gasteiger charge is -2.03. The van der Waals surface area contributed by atoms with Crippen LogP contribution < -0.4 is 0 Å². The SMILES string of the molecule is Cc1nn(C)c(C)c1CC(=O)Cc1cccc(F)c1. The van der Waals surface area contributed by atoms with Crippen molar-refractivity contribution >= 4 is 5.78 Å². The van der Waals surface area contributed by atoms with E-state index >= 15 is 0 Å². The average Bonchev–Trinajstić information content (AvgIpc) is 2.56. The number of ketones is 1. The van der Waals surface area contributed by atoms with Gasteiger partial charge in [0.1, 0.15) is 11.6 Å². The van der Waals surface area contributed by atoms with E-state index in [0.29, 0.717) is 12.0 Å². The van der Waals surface area contributed by atoms with Gasteiger partial charge in [-0.2, -0.15) is 5.10 Å². The molecule has 0 spiro atoms. The summed E-state index contributed by atoms with van der Waals surface area (Å²) < 4.78 is 14.8. The number of carbonyl (C=O) groups is 1. The minimum absolute atomic E-state index is 0.0739. The fourth-order valence-corrected chi connectivity index (χ4v) is 2.21. The van der Waals surface area contributed by atoms with Crippen LogP contribution in [0.5, 0.6) is 0 Å². The number of aryl methyl sites for hydroxylation is 2. The van der Waals surface area contributed by atoms with Crippen molar-refractivity contribution in [2.75, 3.05) is 0 Å². The Balaban J connectivity index is 2.09. The van der Waals surface area contributed by atoms with E-state index in [9.17, 15) is 9.18 Å². The van der Waals surface area contributed by atoms with Crippen molar-refractivity contribution in [2.24, 2.45) is 7.05 Å². The lowest BCUT2D eigenvalue weighted by atomic mass is 10.0. The van der Waals surface area contributed by atoms with Crippen LogP contribution in [-0.2, 0) is 24.7 Å². The van der Waals surface area contributed by atoms with Gasteiger partial charge in [-0.25, -0.2) is 4.39 Å². The number of halogens is 1. The molecule has 19 heavy (non-hydrogen) atoms. The molecule has 0 saturated carbocycles. The summed E-state index contributed by atoms with van der Waals surface area (Å²) >= 11 is 0. The fourth-order valence-electron chi connectivity index (χ4n) is 2.21. The van der Waals surface area contributed by atoms with Crippen molar-refractivity contribution in [3.05, 3.63) is 52.6 Å². The molecule has 0 bridgehead atoms. The molecule has 1 aromatic carbocycles. The van der Waals surface area contributed by atoms with Gasteiger partial charge in [0.25, 0.3) is 0 Å². The Morgan fingerprint density at radius 3 is 2.63 bits per heavy atom. The molecule has 1 heterocycles. The van der Waals surface area contributed by atoms with Crippen LogP contribution in [0, 0.1) is 19.7 Å². The van der Waals surface area contributed by atoms with E-state index in [-0.39, 0.29) is 18.0 Å². The quantitative estimate of drug-likeness (QED) is 0.846. The number of benzene rings is 1. The summed E-state index contributed by atoms with van der Waals surface area (Å²) in [5, 5.41) is 4.29. The minimum atomic E-state index is -0.306. The number of hydrogen-bond donors (Lipinski definition) is 0. The lowest BCUT2D eigenvalue weighted by Crippen LogP contribution is -2.08. The van der Waals surface area contributed by atoms with E-state index in [1.807, 2.05) is 20.9 Å². The number of Topliss-reactive ketones (excluding diaryl/α,β-unsaturated/α-hetero) is 1. The molecule has 0 N–H and O–H groups in total. The molecular formula is C15H17FN2O. The van der Waals surface area contributed by atoms with E-state index in [1.54, 1.807) is 16.8 Å². The molecule has 0 amide bonds. The maximum atomic E-state index is 13.1. The van der Waals surface area contributed by atoms with Crippen LogP contribution in [0.15, 0.2) is 24.3 Å². The third-order valence-electron chi connectivity index (χ3n) is 3.32. The Kier molecular flexibility index (Phi) is 3.79. The van der Waals surface area contributed by atoms with Crippen LogP contribution in [-0.4, -0.2) is 15.6 Å². The molecule has 0 aliphatic heterocycles. The highest BCUT2D eigenvalue weighted by atomic mass is 19.1. The van der Waals surface area contributed by atoms with Crippen molar-refractivity contribution < 1.29 is 9.18 Å². The Hall–Kier alpha value is -1.97. The number of rotatable bonds is 4. The maximum Gasteiger partial charge on any atom is 0.141 e. The number of aromatic nitrogens is 2. The van der Waals surface area contributed by atoms with Gasteiger partial charge in [0.2, 0.25) is 0 Å². The average molecular weight is 260 g/mol. The second kappa shape index (κ2) is 5.34. The normalized spacial score (nSPS) is 10.7. The van der Waals surface area contributed by atoms with Crippen molar-refractivity contribution in [3.8, 4) is 0 Å². The summed E-state index contributed by atoms with van der Waals surface area (Å²) in [4.78, 5) is 12.0. The number of carbonyl (C=O) groups excluding carboxylic acids is 1. The predicted octanol–water partition coefficient (Wildman–Crippen LogP) is 2.53. The van der Waals surface area contributed by atoms with Crippen molar-refractivity contribution in [2.45, 2.75) is 26.7 Å². The van der Waals surface area contributed by atoms with E-state index in [4.69, 9.17) is 0 Å². The second-order valence-electron chi connectivity index (χ2n) is 4.80. The zero-order valence-corrected chi connectivity index (χ0v) is 11.4. The standard InChI is InChI=1S/C15H17FN2O/c1-10-15(11(2)18(3)17-10)9-14(19)8-12-5-4-6-13(16)7-12/h4-7H,8-9H2,1-3H3. The van der Waals surface area contributed by atoms with E-state index < -0.39 is 0 Å². The molecule has 0 aliphatic rings. The van der Waals surface area contributed by atoms with Crippen LogP contribution in [0.25, 0.3) is 0 Å². The van der Waals surface area contributed by atoms with Crippen molar-refractivity contribution in [1.29, 1.82) is 0 Å². The fraction of sp³-hybridized carbons (Fsp3) is 0.333. The maximum absolute atomic E-state index is 13.1. The Morgan fingerprint density at radius 2 is 2.05 bits per heavy atom. The molecule has 100 valence electrons. The first-order valence-electron chi connectivity index (χ1n) is 6.22. The number of nitrogens with zero attached hydrogens (tertiary/aromatic N) is 2. The summed E-state index contributed by atoms with van der Waals surface area (Å²) in [5.41, 5.74) is 3.57. The van der Waals surface area contributed by atoms with Crippen LogP contribution >= 0.6 is 0 Å². The van der Waals surface area contributed by atoms with Crippen molar-refractivity contribution in [3.63, 3.8) is 0 Å². The van der Waals surface area contributed by atoms with Gasteiger partial charge in [-0.15, -0.1) is 0 Å². The molecule has 2 aromatic rings. The third-order valence-corrected chi connectivity index (χ3v) is 3.32. The predicted molar refractivity (Wildman–Crippen MR) is 71.5 cm³/mol. The molecule has 0 saturated heterocycles. The minimum Gasteiger partial charge on any atom is -0.299 e. The van der Waals surface area contributed by atoms with Gasteiger partial charge < -0.3 is 0 Å². The van der Waals surface area contributed by atoms with Crippen LogP contribution in [0.4, 0.5) is 4.39 Å². The van der Waals surface area contributed by atoms with Crippen molar-refractivity contribution in [1.82, 2.24) is 9.78 Å². The van der Waals surface area contributed by atoms with Crippen LogP contribution in [0.1, 0.15) is 22.5 Å². The van der Waals surface area contributed by atoms with Crippen LogP contribution in [0.3, 0.4) is 0 Å². The smallest absolute Gasteiger partial charge is 0.141 e. The first kappa shape index (κ1) is 13.5. The van der Waals surface area contributed by atoms with Gasteiger partial charge in [0.05, 0.1) is 5.69 Å². The van der Waals surface area contributed by atoms with Crippen LogP contribution in [0.2, 0.25) is 0 Å². The van der Waals surface area contributed by atoms with E-state index in [2.05, 4.69) is 5.10 Å². The highest BCUT2D eigenvalue weighted by Crippen LogP contribution is 2.14. The lowest BCUT2D eigenvalue weighted by molar-refractivity contribution is -0.117. The van der Waals surface area contributed by atoms with Gasteiger partial charge in [0, 0.05) is 31.1 Å². The molecule has 0 aliphatic carbocycles. The Morgan fingerprint density at radius 1 is 1.32 bits per heavy atom. The molecule has 4 heteroatoms. The monoisotopic (exact) mass is 260 g/mol.